The Morgan fingerprint density at radius 3 is 2.35 bits per heavy atom. The smallest absolute Gasteiger partial charge is 0.404 e. The van der Waals surface area contributed by atoms with E-state index < -0.39 is 6.09 Å². The molecule has 0 aliphatic carbocycles. The maximum atomic E-state index is 10.8. The average Bonchev–Trinajstić information content (AvgIpc) is 2.47. The van der Waals surface area contributed by atoms with E-state index in [1.807, 2.05) is 18.2 Å². The molecular weight excluding hydrogens is 252 g/mol. The molecule has 0 saturated heterocycles. The molecule has 0 spiro atoms. The predicted molar refractivity (Wildman–Crippen MR) is 82.2 cm³/mol. The molecule has 1 rings (SSSR count). The molecule has 2 N–H and O–H groups in total. The summed E-state index contributed by atoms with van der Waals surface area (Å²) < 4.78 is 0. The standard InChI is InChI=1S/C16H26N2O2/c1-4-18(5-2)12-11-16(3,13-17-15(19)20)14-9-7-6-8-10-14/h6-10,17H,4-5,11-13H2,1-3H3,(H,19,20). The Morgan fingerprint density at radius 1 is 1.25 bits per heavy atom. The zero-order valence-corrected chi connectivity index (χ0v) is 12.7. The number of carboxylic acid groups (broad SMARTS) is 1. The van der Waals surface area contributed by atoms with Crippen molar-refractivity contribution in [1.29, 1.82) is 0 Å². The third-order valence-electron chi connectivity index (χ3n) is 3.97. The van der Waals surface area contributed by atoms with Crippen LogP contribution in [0.15, 0.2) is 30.3 Å². The summed E-state index contributed by atoms with van der Waals surface area (Å²) in [7, 11) is 0. The van der Waals surface area contributed by atoms with Gasteiger partial charge in [-0.1, -0.05) is 51.1 Å². The third-order valence-corrected chi connectivity index (χ3v) is 3.97. The maximum absolute atomic E-state index is 10.8. The van der Waals surface area contributed by atoms with Crippen LogP contribution in [0, 0.1) is 0 Å². The van der Waals surface area contributed by atoms with Crippen molar-refractivity contribution in [2.45, 2.75) is 32.6 Å². The van der Waals surface area contributed by atoms with E-state index in [2.05, 4.69) is 43.1 Å². The van der Waals surface area contributed by atoms with Crippen molar-refractivity contribution in [1.82, 2.24) is 10.2 Å². The minimum Gasteiger partial charge on any atom is -0.465 e. The van der Waals surface area contributed by atoms with E-state index in [9.17, 15) is 4.79 Å². The molecule has 1 unspecified atom stereocenters. The fourth-order valence-corrected chi connectivity index (χ4v) is 2.39. The molecule has 112 valence electrons. The van der Waals surface area contributed by atoms with E-state index in [1.54, 1.807) is 0 Å². The van der Waals surface area contributed by atoms with Crippen LogP contribution in [-0.4, -0.2) is 42.3 Å². The van der Waals surface area contributed by atoms with E-state index in [0.29, 0.717) is 6.54 Å². The molecule has 0 heterocycles. The van der Waals surface area contributed by atoms with Crippen molar-refractivity contribution in [2.75, 3.05) is 26.2 Å². The Balaban J connectivity index is 2.81. The summed E-state index contributed by atoms with van der Waals surface area (Å²) in [6, 6.07) is 10.1. The Morgan fingerprint density at radius 2 is 1.85 bits per heavy atom. The number of benzene rings is 1. The van der Waals surface area contributed by atoms with E-state index in [-0.39, 0.29) is 5.41 Å². The summed E-state index contributed by atoms with van der Waals surface area (Å²) in [5, 5.41) is 11.4. The van der Waals surface area contributed by atoms with Crippen LogP contribution in [0.1, 0.15) is 32.8 Å². The largest absolute Gasteiger partial charge is 0.465 e. The van der Waals surface area contributed by atoms with Crippen LogP contribution in [0.5, 0.6) is 0 Å². The SMILES string of the molecule is CCN(CC)CCC(C)(CNC(=O)O)c1ccccc1. The number of hydrogen-bond acceptors (Lipinski definition) is 2. The molecule has 0 aromatic heterocycles. The van der Waals surface area contributed by atoms with Crippen molar-refractivity contribution < 1.29 is 9.90 Å². The maximum Gasteiger partial charge on any atom is 0.404 e. The quantitative estimate of drug-likeness (QED) is 0.768. The Bertz CT molecular complexity index is 404. The number of rotatable bonds is 8. The van der Waals surface area contributed by atoms with E-state index >= 15 is 0 Å². The molecule has 1 aromatic rings. The zero-order chi connectivity index (χ0) is 15.0. The first-order valence-electron chi connectivity index (χ1n) is 7.26. The van der Waals surface area contributed by atoms with Gasteiger partial charge in [-0.25, -0.2) is 4.79 Å². The molecule has 0 radical (unpaired) electrons. The summed E-state index contributed by atoms with van der Waals surface area (Å²) in [5.74, 6) is 0. The summed E-state index contributed by atoms with van der Waals surface area (Å²) in [6.07, 6.45) is -0.0334. The van der Waals surface area contributed by atoms with Crippen molar-refractivity contribution in [3.8, 4) is 0 Å². The molecule has 0 aliphatic rings. The Labute approximate surface area is 121 Å². The van der Waals surface area contributed by atoms with Crippen molar-refractivity contribution in [3.63, 3.8) is 0 Å². The van der Waals surface area contributed by atoms with Crippen LogP contribution in [-0.2, 0) is 5.41 Å². The number of nitrogens with zero attached hydrogens (tertiary/aromatic N) is 1. The number of hydrogen-bond donors (Lipinski definition) is 2. The molecule has 20 heavy (non-hydrogen) atoms. The van der Waals surface area contributed by atoms with E-state index in [1.165, 1.54) is 5.56 Å². The van der Waals surface area contributed by atoms with Crippen LogP contribution in [0.25, 0.3) is 0 Å². The van der Waals surface area contributed by atoms with Crippen molar-refractivity contribution in [3.05, 3.63) is 35.9 Å². The monoisotopic (exact) mass is 278 g/mol. The fourth-order valence-electron chi connectivity index (χ4n) is 2.39. The van der Waals surface area contributed by atoms with Gasteiger partial charge in [0, 0.05) is 12.0 Å². The van der Waals surface area contributed by atoms with Gasteiger partial charge in [-0.05, 0) is 31.6 Å². The van der Waals surface area contributed by atoms with Crippen LogP contribution in [0.4, 0.5) is 4.79 Å². The molecule has 1 aromatic carbocycles. The molecule has 0 saturated carbocycles. The van der Waals surface area contributed by atoms with Crippen LogP contribution < -0.4 is 5.32 Å². The first-order chi connectivity index (χ1) is 9.51. The van der Waals surface area contributed by atoms with E-state index in [4.69, 9.17) is 5.11 Å². The first kappa shape index (κ1) is 16.5. The van der Waals surface area contributed by atoms with E-state index in [0.717, 1.165) is 26.1 Å². The van der Waals surface area contributed by atoms with Gasteiger partial charge in [0.25, 0.3) is 0 Å². The molecule has 1 atom stereocenters. The molecule has 0 fully saturated rings. The van der Waals surface area contributed by atoms with Gasteiger partial charge in [0.1, 0.15) is 0 Å². The van der Waals surface area contributed by atoms with Crippen LogP contribution >= 0.6 is 0 Å². The fraction of sp³-hybridized carbons (Fsp3) is 0.562. The van der Waals surface area contributed by atoms with Crippen LogP contribution in [0.2, 0.25) is 0 Å². The minimum absolute atomic E-state index is 0.178. The lowest BCUT2D eigenvalue weighted by Crippen LogP contribution is -2.40. The highest BCUT2D eigenvalue weighted by atomic mass is 16.4. The normalized spacial score (nSPS) is 14.0. The van der Waals surface area contributed by atoms with Gasteiger partial charge in [0.05, 0.1) is 0 Å². The Kier molecular flexibility index (Phi) is 6.52. The molecule has 4 heteroatoms. The predicted octanol–water partition coefficient (Wildman–Crippen LogP) is 2.94. The lowest BCUT2D eigenvalue weighted by Gasteiger charge is -2.32. The lowest BCUT2D eigenvalue weighted by atomic mass is 9.79. The van der Waals surface area contributed by atoms with Crippen LogP contribution in [0.3, 0.4) is 0 Å². The molecular formula is C16H26N2O2. The third kappa shape index (κ3) is 4.85. The van der Waals surface area contributed by atoms with Gasteiger partial charge >= 0.3 is 6.09 Å². The average molecular weight is 278 g/mol. The summed E-state index contributed by atoms with van der Waals surface area (Å²) in [5.41, 5.74) is 1.00. The summed E-state index contributed by atoms with van der Waals surface area (Å²) >= 11 is 0. The highest BCUT2D eigenvalue weighted by Gasteiger charge is 2.27. The molecule has 0 aliphatic heterocycles. The second kappa shape index (κ2) is 7.90. The van der Waals surface area contributed by atoms with Gasteiger partial charge in [0.15, 0.2) is 0 Å². The molecule has 4 nitrogen and oxygen atoms in total. The lowest BCUT2D eigenvalue weighted by molar-refractivity contribution is 0.189. The summed E-state index contributed by atoms with van der Waals surface area (Å²) in [6.45, 7) is 9.88. The highest BCUT2D eigenvalue weighted by molar-refractivity contribution is 5.64. The number of carbonyl (C=O) groups is 1. The minimum atomic E-state index is -0.963. The Hall–Kier alpha value is -1.55. The van der Waals surface area contributed by atoms with Gasteiger partial charge in [0.2, 0.25) is 0 Å². The zero-order valence-electron chi connectivity index (χ0n) is 12.7. The molecule has 0 bridgehead atoms. The summed E-state index contributed by atoms with van der Waals surface area (Å²) in [4.78, 5) is 13.2. The first-order valence-corrected chi connectivity index (χ1v) is 7.26. The number of nitrogens with one attached hydrogen (secondary N) is 1. The second-order valence-corrected chi connectivity index (χ2v) is 5.36. The topological polar surface area (TPSA) is 52.6 Å². The van der Waals surface area contributed by atoms with Gasteiger partial charge in [-0.2, -0.15) is 0 Å². The number of amides is 1. The van der Waals surface area contributed by atoms with Gasteiger partial charge in [-0.15, -0.1) is 0 Å². The van der Waals surface area contributed by atoms with Gasteiger partial charge < -0.3 is 15.3 Å². The second-order valence-electron chi connectivity index (χ2n) is 5.36. The highest BCUT2D eigenvalue weighted by Crippen LogP contribution is 2.27. The van der Waals surface area contributed by atoms with Gasteiger partial charge in [-0.3, -0.25) is 0 Å². The van der Waals surface area contributed by atoms with Crippen molar-refractivity contribution in [2.24, 2.45) is 0 Å². The van der Waals surface area contributed by atoms with Crippen molar-refractivity contribution >= 4 is 6.09 Å². The molecule has 1 amide bonds.